The molecular formula is C29H37N8O10S2+. The topological polar surface area (TPSA) is 245 Å². The number of hydrogen-bond acceptors (Lipinski definition) is 14. The van der Waals surface area contributed by atoms with Gasteiger partial charge in [-0.2, -0.15) is 13.5 Å². The Hall–Kier alpha value is -4.63. The summed E-state index contributed by atoms with van der Waals surface area (Å²) in [5, 5.41) is 22.0. The molecule has 2 aliphatic heterocycles. The number of β-lactam (4-membered cyclic amide) rings is 1. The zero-order chi connectivity index (χ0) is 35.7. The van der Waals surface area contributed by atoms with E-state index in [1.54, 1.807) is 18.2 Å². The zero-order valence-corrected chi connectivity index (χ0v) is 28.7. The summed E-state index contributed by atoms with van der Waals surface area (Å²) < 4.78 is 42.2. The van der Waals surface area contributed by atoms with Gasteiger partial charge in [0.25, 0.3) is 17.9 Å². The molecule has 0 spiro atoms. The van der Waals surface area contributed by atoms with Crippen molar-refractivity contribution in [2.75, 3.05) is 44.8 Å². The smallest absolute Gasteiger partial charge is 0.418 e. The Morgan fingerprint density at radius 3 is 2.53 bits per heavy atom. The number of thiazole rings is 1. The molecule has 2 saturated heterocycles. The number of aliphatic carboxylic acids is 1. The van der Waals surface area contributed by atoms with Gasteiger partial charge < -0.3 is 35.5 Å². The number of oxime groups is 1. The van der Waals surface area contributed by atoms with E-state index in [1.165, 1.54) is 19.2 Å². The fraction of sp³-hybridized carbons (Fsp3) is 0.448. The molecule has 20 heteroatoms. The highest BCUT2D eigenvalue weighted by molar-refractivity contribution is 7.80. The van der Waals surface area contributed by atoms with Gasteiger partial charge in [0.2, 0.25) is 0 Å². The van der Waals surface area contributed by atoms with Gasteiger partial charge >= 0.3 is 16.4 Å². The van der Waals surface area contributed by atoms with E-state index >= 15 is 0 Å². The molecule has 5 rings (SSSR count). The predicted molar refractivity (Wildman–Crippen MR) is 177 cm³/mol. The van der Waals surface area contributed by atoms with Gasteiger partial charge in [-0.25, -0.2) is 14.8 Å². The van der Waals surface area contributed by atoms with E-state index in [0.717, 1.165) is 58.5 Å². The Morgan fingerprint density at radius 1 is 1.20 bits per heavy atom. The molecule has 6 N–H and O–H groups in total. The number of fused-ring (bicyclic) bond motifs is 1. The second-order valence-corrected chi connectivity index (χ2v) is 14.7. The standard InChI is InChI=1S/C29H36N8O10S2/c1-29(2)24(26(39)36(29)47-49(42,43)44)34-25(38)23(20-15-48-28(30)33-20)35-46-21(27(40)41)14-45-18-6-7-19-16(13-18)5-8-22(32-19)31-17-9-11-37(3,4)12-10-17/h5-8,13,15,17,21,24H,9-12,14H2,1-4H3,(H5-,30,31,32,33,34,38,40,41,42,43,44)/p+1. The molecule has 2 atom stereocenters. The van der Waals surface area contributed by atoms with Gasteiger partial charge in [-0.15, -0.1) is 15.6 Å². The first-order valence-electron chi connectivity index (χ1n) is 15.0. The molecule has 2 aliphatic rings. The number of hydrogen-bond donors (Lipinski definition) is 5. The number of carboxylic acid groups (broad SMARTS) is 1. The molecule has 2 unspecified atom stereocenters. The number of piperidine rings is 1. The van der Waals surface area contributed by atoms with E-state index in [0.29, 0.717) is 16.9 Å². The number of nitrogens with zero attached hydrogens (tertiary/aromatic N) is 5. The van der Waals surface area contributed by atoms with Crippen LogP contribution in [0.25, 0.3) is 10.9 Å². The van der Waals surface area contributed by atoms with Crippen LogP contribution in [0.2, 0.25) is 0 Å². The third-order valence-corrected chi connectivity index (χ3v) is 9.24. The summed E-state index contributed by atoms with van der Waals surface area (Å²) in [6, 6.07) is 7.90. The number of pyridine rings is 1. The van der Waals surface area contributed by atoms with Gasteiger partial charge in [0.05, 0.1) is 38.2 Å². The van der Waals surface area contributed by atoms with Gasteiger partial charge in [0, 0.05) is 29.6 Å². The maximum Gasteiger partial charge on any atom is 0.418 e. The first-order valence-corrected chi connectivity index (χ1v) is 17.3. The summed E-state index contributed by atoms with van der Waals surface area (Å²) in [6.07, 6.45) is 0.415. The van der Waals surface area contributed by atoms with Crippen LogP contribution in [-0.4, -0.2) is 119 Å². The molecule has 0 saturated carbocycles. The van der Waals surface area contributed by atoms with Crippen molar-refractivity contribution in [1.29, 1.82) is 0 Å². The van der Waals surface area contributed by atoms with Crippen LogP contribution >= 0.6 is 11.3 Å². The van der Waals surface area contributed by atoms with Gasteiger partial charge in [0.15, 0.2) is 10.8 Å². The fourth-order valence-electron chi connectivity index (χ4n) is 5.35. The van der Waals surface area contributed by atoms with Crippen molar-refractivity contribution in [3.63, 3.8) is 0 Å². The number of quaternary nitrogens is 1. The van der Waals surface area contributed by atoms with E-state index in [-0.39, 0.29) is 10.8 Å². The molecule has 18 nitrogen and oxygen atoms in total. The molecule has 264 valence electrons. The fourth-order valence-corrected chi connectivity index (χ4v) is 6.35. The molecule has 2 amide bonds. The Labute approximate surface area is 285 Å². The van der Waals surface area contributed by atoms with Crippen molar-refractivity contribution in [3.05, 3.63) is 41.4 Å². The maximum absolute atomic E-state index is 13.3. The Balaban J connectivity index is 1.24. The van der Waals surface area contributed by atoms with Crippen molar-refractivity contribution in [3.8, 4) is 5.75 Å². The first-order chi connectivity index (χ1) is 22.9. The van der Waals surface area contributed by atoms with Crippen LogP contribution in [0.4, 0.5) is 10.9 Å². The van der Waals surface area contributed by atoms with E-state index < -0.39 is 58.2 Å². The van der Waals surface area contributed by atoms with Crippen molar-refractivity contribution in [1.82, 2.24) is 20.3 Å². The predicted octanol–water partition coefficient (Wildman–Crippen LogP) is 1.02. The second-order valence-electron chi connectivity index (χ2n) is 12.8. The molecule has 49 heavy (non-hydrogen) atoms. The van der Waals surface area contributed by atoms with Crippen LogP contribution in [0.5, 0.6) is 5.75 Å². The molecule has 3 aromatic rings. The third-order valence-electron chi connectivity index (χ3n) is 8.23. The number of anilines is 2. The number of carboxylic acids is 1. The third kappa shape index (κ3) is 8.51. The number of amides is 2. The molecule has 0 radical (unpaired) electrons. The quantitative estimate of drug-likeness (QED) is 0.0544. The highest BCUT2D eigenvalue weighted by Crippen LogP contribution is 2.33. The van der Waals surface area contributed by atoms with Crippen LogP contribution in [0.15, 0.2) is 40.9 Å². The zero-order valence-electron chi connectivity index (χ0n) is 27.0. The number of likely N-dealkylation sites (tertiary alicyclic amines) is 1. The Bertz CT molecular complexity index is 1890. The number of nitrogens with two attached hydrogens (primary N) is 1. The van der Waals surface area contributed by atoms with Crippen molar-refractivity contribution in [2.45, 2.75) is 50.4 Å². The summed E-state index contributed by atoms with van der Waals surface area (Å²) in [7, 11) is -0.565. The van der Waals surface area contributed by atoms with E-state index in [2.05, 4.69) is 39.2 Å². The lowest BCUT2D eigenvalue weighted by Crippen LogP contribution is -2.76. The lowest BCUT2D eigenvalue weighted by atomic mass is 9.84. The summed E-state index contributed by atoms with van der Waals surface area (Å²) in [6.45, 7) is 4.41. The van der Waals surface area contributed by atoms with Crippen LogP contribution in [-0.2, 0) is 33.9 Å². The highest BCUT2D eigenvalue weighted by Gasteiger charge is 2.58. The van der Waals surface area contributed by atoms with Crippen LogP contribution in [0.3, 0.4) is 0 Å². The number of carbonyl (C=O) groups excluding carboxylic acids is 2. The minimum absolute atomic E-state index is 0.0624. The number of carbonyl (C=O) groups is 3. The molecular weight excluding hydrogens is 684 g/mol. The molecule has 2 aromatic heterocycles. The Morgan fingerprint density at radius 2 is 1.92 bits per heavy atom. The molecule has 2 fully saturated rings. The molecule has 1 aromatic carbocycles. The maximum atomic E-state index is 13.3. The van der Waals surface area contributed by atoms with Crippen molar-refractivity contribution < 1.29 is 50.8 Å². The number of nitrogen functional groups attached to an aromatic ring is 1. The van der Waals surface area contributed by atoms with Crippen LogP contribution < -0.4 is 21.1 Å². The summed E-state index contributed by atoms with van der Waals surface area (Å²) in [5.74, 6) is -2.34. The number of hydroxylamine groups is 2. The number of rotatable bonds is 13. The van der Waals surface area contributed by atoms with Crippen LogP contribution in [0, 0.1) is 0 Å². The average molecular weight is 722 g/mol. The Kier molecular flexibility index (Phi) is 9.98. The van der Waals surface area contributed by atoms with Gasteiger partial charge in [-0.3, -0.25) is 14.1 Å². The monoisotopic (exact) mass is 721 g/mol. The summed E-state index contributed by atoms with van der Waals surface area (Å²) in [5.41, 5.74) is 4.41. The van der Waals surface area contributed by atoms with Crippen molar-refractivity contribution >= 4 is 67.1 Å². The second kappa shape index (κ2) is 13.7. The van der Waals surface area contributed by atoms with E-state index in [4.69, 9.17) is 24.8 Å². The lowest BCUT2D eigenvalue weighted by Gasteiger charge is -2.50. The molecule has 0 aliphatic carbocycles. The largest absolute Gasteiger partial charge is 0.489 e. The number of aromatic nitrogens is 2. The van der Waals surface area contributed by atoms with E-state index in [1.807, 2.05) is 12.1 Å². The SMILES string of the molecule is CC1(C)C(NC(=O)C(=NOC(COc2ccc3nc(NC4CC[N+](C)(C)CC4)ccc3c2)C(=O)O)c2csc(N)n2)C(=O)N1OS(=O)(=O)O. The number of ether oxygens (including phenoxy) is 1. The minimum Gasteiger partial charge on any atom is -0.489 e. The minimum atomic E-state index is -5.02. The summed E-state index contributed by atoms with van der Waals surface area (Å²) in [4.78, 5) is 51.8. The van der Waals surface area contributed by atoms with Gasteiger partial charge in [-0.1, -0.05) is 5.16 Å². The number of nitrogens with one attached hydrogen (secondary N) is 2. The normalized spacial score (nSPS) is 19.9. The first kappa shape index (κ1) is 35.7. The van der Waals surface area contributed by atoms with Gasteiger partial charge in [-0.05, 0) is 44.2 Å². The molecule has 4 heterocycles. The molecule has 0 bridgehead atoms. The lowest BCUT2D eigenvalue weighted by molar-refractivity contribution is -0.895. The van der Waals surface area contributed by atoms with Crippen LogP contribution in [0.1, 0.15) is 32.4 Å². The van der Waals surface area contributed by atoms with E-state index in [9.17, 15) is 27.9 Å². The number of benzene rings is 1. The summed E-state index contributed by atoms with van der Waals surface area (Å²) >= 11 is 0.964. The average Bonchev–Trinajstić information content (AvgIpc) is 3.46. The highest BCUT2D eigenvalue weighted by atomic mass is 32.3. The van der Waals surface area contributed by atoms with Gasteiger partial charge in [0.1, 0.15) is 29.9 Å². The van der Waals surface area contributed by atoms with Crippen molar-refractivity contribution in [2.24, 2.45) is 5.16 Å².